The minimum Gasteiger partial charge on any atom is -0.482 e. The zero-order chi connectivity index (χ0) is 24.3. The summed E-state index contributed by atoms with van der Waals surface area (Å²) in [7, 11) is -3.60. The van der Waals surface area contributed by atoms with E-state index in [0.29, 0.717) is 18.7 Å². The van der Waals surface area contributed by atoms with Crippen molar-refractivity contribution in [3.63, 3.8) is 0 Å². The number of amides is 2. The number of benzene rings is 2. The quantitative estimate of drug-likeness (QED) is 0.463. The van der Waals surface area contributed by atoms with E-state index < -0.39 is 26.8 Å². The molecule has 1 fully saturated rings. The predicted octanol–water partition coefficient (Wildman–Crippen LogP) is 1.81. The number of piperidine rings is 1. The summed E-state index contributed by atoms with van der Waals surface area (Å²) in [5.41, 5.74) is 0.514. The molecule has 0 atom stereocenters. The van der Waals surface area contributed by atoms with Crippen LogP contribution >= 0.6 is 0 Å². The molecule has 0 radical (unpaired) electrons. The minimum absolute atomic E-state index is 0.0581. The summed E-state index contributed by atoms with van der Waals surface area (Å²) in [4.78, 5) is 36.7. The third-order valence-electron chi connectivity index (χ3n) is 5.74. The molecular weight excluding hydrogens is 464 g/mol. The zero-order valence-electron chi connectivity index (χ0n) is 18.3. The van der Waals surface area contributed by atoms with Crippen molar-refractivity contribution in [2.24, 2.45) is 0 Å². The summed E-state index contributed by atoms with van der Waals surface area (Å²) in [6.45, 7) is 0.409. The Kier molecular flexibility index (Phi) is 6.80. The van der Waals surface area contributed by atoms with E-state index in [1.165, 1.54) is 34.6 Å². The van der Waals surface area contributed by atoms with E-state index in [1.807, 2.05) is 0 Å². The van der Waals surface area contributed by atoms with Crippen molar-refractivity contribution in [1.82, 2.24) is 9.62 Å². The summed E-state index contributed by atoms with van der Waals surface area (Å²) in [6, 6.07) is 10.2. The Morgan fingerprint density at radius 3 is 2.62 bits per heavy atom. The molecule has 0 spiro atoms. The molecule has 2 aliphatic heterocycles. The van der Waals surface area contributed by atoms with E-state index in [9.17, 15) is 28.1 Å². The molecule has 180 valence electrons. The highest BCUT2D eigenvalue weighted by Gasteiger charge is 2.29. The standard InChI is InChI=1S/C22H24N4O7S/c27-21(14-25-19-12-17(26(29)30)7-8-20(19)33-15-22(25)28)23-13-16-5-4-6-18(11-16)34(31,32)24-9-2-1-3-10-24/h4-8,11-12H,1-3,9-10,13-15H2,(H,23,27). The summed E-state index contributed by atoms with van der Waals surface area (Å²) < 4.78 is 32.6. The molecule has 11 nitrogen and oxygen atoms in total. The second kappa shape index (κ2) is 9.77. The number of hydrogen-bond acceptors (Lipinski definition) is 7. The number of sulfonamides is 1. The summed E-state index contributed by atoms with van der Waals surface area (Å²) in [5, 5.41) is 13.8. The largest absolute Gasteiger partial charge is 0.482 e. The van der Waals surface area contributed by atoms with Gasteiger partial charge in [0.05, 0.1) is 15.5 Å². The number of fused-ring (bicyclic) bond motifs is 1. The Labute approximate surface area is 196 Å². The van der Waals surface area contributed by atoms with E-state index in [-0.39, 0.29) is 41.7 Å². The maximum absolute atomic E-state index is 12.9. The fourth-order valence-electron chi connectivity index (χ4n) is 3.95. The number of hydrogen-bond donors (Lipinski definition) is 1. The Balaban J connectivity index is 1.43. The van der Waals surface area contributed by atoms with E-state index in [2.05, 4.69) is 5.32 Å². The summed E-state index contributed by atoms with van der Waals surface area (Å²) in [5.74, 6) is -0.733. The van der Waals surface area contributed by atoms with E-state index in [4.69, 9.17) is 4.74 Å². The maximum atomic E-state index is 12.9. The molecule has 0 aromatic heterocycles. The lowest BCUT2D eigenvalue weighted by molar-refractivity contribution is -0.384. The lowest BCUT2D eigenvalue weighted by Crippen LogP contribution is -2.45. The Morgan fingerprint density at radius 1 is 1.12 bits per heavy atom. The van der Waals surface area contributed by atoms with Crippen molar-refractivity contribution < 1.29 is 27.7 Å². The van der Waals surface area contributed by atoms with Crippen molar-refractivity contribution >= 4 is 33.2 Å². The third-order valence-corrected chi connectivity index (χ3v) is 7.63. The normalized spacial score (nSPS) is 16.5. The van der Waals surface area contributed by atoms with Crippen LogP contribution in [0.5, 0.6) is 5.75 Å². The monoisotopic (exact) mass is 488 g/mol. The molecule has 0 bridgehead atoms. The molecule has 2 aromatic rings. The number of carbonyl (C=O) groups excluding carboxylic acids is 2. The van der Waals surface area contributed by atoms with E-state index >= 15 is 0 Å². The van der Waals surface area contributed by atoms with Crippen LogP contribution in [0, 0.1) is 10.1 Å². The first kappa shape index (κ1) is 23.6. The van der Waals surface area contributed by atoms with Gasteiger partial charge in [-0.3, -0.25) is 24.6 Å². The molecular formula is C22H24N4O7S. The first-order valence-electron chi connectivity index (χ1n) is 10.8. The van der Waals surface area contributed by atoms with Gasteiger partial charge >= 0.3 is 0 Å². The number of ether oxygens (including phenoxy) is 1. The average molecular weight is 489 g/mol. The number of nitro groups is 1. The lowest BCUT2D eigenvalue weighted by atomic mass is 10.2. The highest BCUT2D eigenvalue weighted by atomic mass is 32.2. The molecule has 2 amide bonds. The van der Waals surface area contributed by atoms with Gasteiger partial charge in [-0.1, -0.05) is 18.6 Å². The van der Waals surface area contributed by atoms with Crippen molar-refractivity contribution in [3.05, 3.63) is 58.1 Å². The molecule has 4 rings (SSSR count). The number of nitrogens with one attached hydrogen (secondary N) is 1. The molecule has 1 saturated heterocycles. The average Bonchev–Trinajstić information content (AvgIpc) is 2.85. The smallest absolute Gasteiger partial charge is 0.271 e. The van der Waals surface area contributed by atoms with Crippen molar-refractivity contribution in [3.8, 4) is 5.75 Å². The Bertz CT molecular complexity index is 1230. The molecule has 2 heterocycles. The van der Waals surface area contributed by atoms with Gasteiger partial charge in [0.1, 0.15) is 12.3 Å². The van der Waals surface area contributed by atoms with Gasteiger partial charge in [0.15, 0.2) is 6.61 Å². The van der Waals surface area contributed by atoms with Crippen LogP contribution < -0.4 is 15.0 Å². The van der Waals surface area contributed by atoms with Crippen LogP contribution in [0.2, 0.25) is 0 Å². The van der Waals surface area contributed by atoms with Crippen LogP contribution in [0.4, 0.5) is 11.4 Å². The summed E-state index contributed by atoms with van der Waals surface area (Å²) in [6.07, 6.45) is 2.69. The molecule has 0 unspecified atom stereocenters. The molecule has 2 aromatic carbocycles. The fraction of sp³-hybridized carbons (Fsp3) is 0.364. The number of nitro benzene ring substituents is 1. The van der Waals surface area contributed by atoms with Crippen molar-refractivity contribution in [2.75, 3.05) is 31.1 Å². The fourth-order valence-corrected chi connectivity index (χ4v) is 5.54. The Morgan fingerprint density at radius 2 is 1.88 bits per heavy atom. The molecule has 2 aliphatic rings. The summed E-state index contributed by atoms with van der Waals surface area (Å²) >= 11 is 0. The molecule has 0 aliphatic carbocycles. The van der Waals surface area contributed by atoms with Crippen LogP contribution in [0.25, 0.3) is 0 Å². The lowest BCUT2D eigenvalue weighted by Gasteiger charge is -2.28. The number of carbonyl (C=O) groups is 2. The number of nitrogens with zero attached hydrogens (tertiary/aromatic N) is 3. The van der Waals surface area contributed by atoms with Crippen molar-refractivity contribution in [1.29, 1.82) is 0 Å². The van der Waals surface area contributed by atoms with Crippen LogP contribution in [0.15, 0.2) is 47.4 Å². The first-order valence-corrected chi connectivity index (χ1v) is 12.3. The maximum Gasteiger partial charge on any atom is 0.271 e. The first-order chi connectivity index (χ1) is 16.3. The van der Waals surface area contributed by atoms with Crippen LogP contribution in [-0.4, -0.2) is 55.7 Å². The molecule has 0 saturated carbocycles. The van der Waals surface area contributed by atoms with E-state index in [1.54, 1.807) is 12.1 Å². The van der Waals surface area contributed by atoms with Gasteiger partial charge in [0.25, 0.3) is 11.6 Å². The SMILES string of the molecule is O=C(CN1C(=O)COc2ccc([N+](=O)[O-])cc21)NCc1cccc(S(=O)(=O)N2CCCCC2)c1. The van der Waals surface area contributed by atoms with Gasteiger partial charge in [0.2, 0.25) is 15.9 Å². The van der Waals surface area contributed by atoms with Gasteiger partial charge < -0.3 is 10.1 Å². The molecule has 1 N–H and O–H groups in total. The number of rotatable bonds is 7. The van der Waals surface area contributed by atoms with Crippen molar-refractivity contribution in [2.45, 2.75) is 30.7 Å². The van der Waals surface area contributed by atoms with Crippen LogP contribution in [0.3, 0.4) is 0 Å². The third kappa shape index (κ3) is 5.02. The van der Waals surface area contributed by atoms with Gasteiger partial charge in [-0.2, -0.15) is 4.31 Å². The second-order valence-electron chi connectivity index (χ2n) is 8.07. The van der Waals surface area contributed by atoms with Gasteiger partial charge in [-0.05, 0) is 36.6 Å². The highest BCUT2D eigenvalue weighted by molar-refractivity contribution is 7.89. The molecule has 34 heavy (non-hydrogen) atoms. The highest BCUT2D eigenvalue weighted by Crippen LogP contribution is 2.35. The van der Waals surface area contributed by atoms with Gasteiger partial charge in [-0.15, -0.1) is 0 Å². The number of non-ortho nitro benzene ring substituents is 1. The van der Waals surface area contributed by atoms with Gasteiger partial charge in [0, 0.05) is 31.8 Å². The van der Waals surface area contributed by atoms with E-state index in [0.717, 1.165) is 24.2 Å². The zero-order valence-corrected chi connectivity index (χ0v) is 19.1. The van der Waals surface area contributed by atoms with Crippen LogP contribution in [-0.2, 0) is 26.2 Å². The predicted molar refractivity (Wildman–Crippen MR) is 122 cm³/mol. The van der Waals surface area contributed by atoms with Crippen LogP contribution in [0.1, 0.15) is 24.8 Å². The topological polar surface area (TPSA) is 139 Å². The van der Waals surface area contributed by atoms with Gasteiger partial charge in [-0.25, -0.2) is 8.42 Å². The molecule has 12 heteroatoms. The minimum atomic E-state index is -3.60. The second-order valence-corrected chi connectivity index (χ2v) is 10.0. The number of anilines is 1. The Hall–Kier alpha value is -3.51.